The summed E-state index contributed by atoms with van der Waals surface area (Å²) in [5.41, 5.74) is 0.303. The molecule has 0 bridgehead atoms. The van der Waals surface area contributed by atoms with Gasteiger partial charge in [0.1, 0.15) is 5.75 Å². The van der Waals surface area contributed by atoms with E-state index in [2.05, 4.69) is 5.32 Å². The molecule has 1 saturated heterocycles. The summed E-state index contributed by atoms with van der Waals surface area (Å²) in [5, 5.41) is 2.66. The number of methoxy groups -OCH3 is 2. The van der Waals surface area contributed by atoms with Gasteiger partial charge in [0.2, 0.25) is 0 Å². The maximum atomic E-state index is 13.6. The van der Waals surface area contributed by atoms with Crippen molar-refractivity contribution in [2.45, 2.75) is 12.8 Å². The van der Waals surface area contributed by atoms with Crippen molar-refractivity contribution in [1.82, 2.24) is 4.90 Å². The Morgan fingerprint density at radius 1 is 1.21 bits per heavy atom. The molecule has 1 fully saturated rings. The molecule has 1 aliphatic rings. The van der Waals surface area contributed by atoms with E-state index in [1.807, 2.05) is 0 Å². The van der Waals surface area contributed by atoms with Crippen molar-refractivity contribution in [2.75, 3.05) is 32.6 Å². The lowest BCUT2D eigenvalue weighted by atomic mass is 10.2. The minimum absolute atomic E-state index is 0.0796. The lowest BCUT2D eigenvalue weighted by Crippen LogP contribution is -2.32. The summed E-state index contributed by atoms with van der Waals surface area (Å²) < 4.78 is 23.6. The highest BCUT2D eigenvalue weighted by atomic mass is 19.1. The van der Waals surface area contributed by atoms with Gasteiger partial charge in [-0.1, -0.05) is 0 Å². The molecule has 1 N–H and O–H groups in total. The molecule has 19 heavy (non-hydrogen) atoms. The Balaban J connectivity index is 2.18. The van der Waals surface area contributed by atoms with Gasteiger partial charge < -0.3 is 19.7 Å². The summed E-state index contributed by atoms with van der Waals surface area (Å²) in [6.07, 6.45) is 2.00. The largest absolute Gasteiger partial charge is 0.494 e. The SMILES string of the molecule is COc1cc(OC)c(NC(=O)N2CCCC2)cc1F. The summed E-state index contributed by atoms with van der Waals surface area (Å²) in [6.45, 7) is 1.46. The van der Waals surface area contributed by atoms with Gasteiger partial charge in [-0.25, -0.2) is 9.18 Å². The van der Waals surface area contributed by atoms with Crippen molar-refractivity contribution < 1.29 is 18.7 Å². The number of amides is 2. The molecule has 0 spiro atoms. The van der Waals surface area contributed by atoms with Crippen LogP contribution < -0.4 is 14.8 Å². The van der Waals surface area contributed by atoms with Crippen LogP contribution in [0.25, 0.3) is 0 Å². The van der Waals surface area contributed by atoms with Crippen molar-refractivity contribution in [3.8, 4) is 11.5 Å². The van der Waals surface area contributed by atoms with Gasteiger partial charge in [0.15, 0.2) is 11.6 Å². The van der Waals surface area contributed by atoms with Gasteiger partial charge in [0.25, 0.3) is 0 Å². The van der Waals surface area contributed by atoms with E-state index in [9.17, 15) is 9.18 Å². The van der Waals surface area contributed by atoms with Crippen molar-refractivity contribution >= 4 is 11.7 Å². The molecule has 6 heteroatoms. The van der Waals surface area contributed by atoms with E-state index in [0.717, 1.165) is 25.9 Å². The standard InChI is InChI=1S/C13H17FN2O3/c1-18-11-8-12(19-2)10(7-9(11)14)15-13(17)16-5-3-4-6-16/h7-8H,3-6H2,1-2H3,(H,15,17). The van der Waals surface area contributed by atoms with Crippen LogP contribution in [0, 0.1) is 5.82 Å². The van der Waals surface area contributed by atoms with Gasteiger partial charge in [-0.05, 0) is 12.8 Å². The van der Waals surface area contributed by atoms with Gasteiger partial charge in [-0.15, -0.1) is 0 Å². The predicted octanol–water partition coefficient (Wildman–Crippen LogP) is 2.47. The third kappa shape index (κ3) is 2.89. The van der Waals surface area contributed by atoms with Gasteiger partial charge in [-0.2, -0.15) is 0 Å². The number of carbonyl (C=O) groups excluding carboxylic acids is 1. The normalized spacial score (nSPS) is 14.4. The quantitative estimate of drug-likeness (QED) is 0.916. The Hall–Kier alpha value is -1.98. The second kappa shape index (κ2) is 5.77. The number of nitrogens with one attached hydrogen (secondary N) is 1. The molecular weight excluding hydrogens is 251 g/mol. The van der Waals surface area contributed by atoms with E-state index in [1.54, 1.807) is 4.90 Å². The molecule has 0 radical (unpaired) electrons. The summed E-state index contributed by atoms with van der Waals surface area (Å²) in [5.74, 6) is -0.0955. The van der Waals surface area contributed by atoms with Gasteiger partial charge >= 0.3 is 6.03 Å². The van der Waals surface area contributed by atoms with Crippen molar-refractivity contribution in [1.29, 1.82) is 0 Å². The molecule has 0 unspecified atom stereocenters. The highest BCUT2D eigenvalue weighted by Gasteiger charge is 2.20. The number of hydrogen-bond donors (Lipinski definition) is 1. The number of hydrogen-bond acceptors (Lipinski definition) is 3. The Kier molecular flexibility index (Phi) is 4.09. The number of nitrogens with zero attached hydrogens (tertiary/aromatic N) is 1. The summed E-state index contributed by atoms with van der Waals surface area (Å²) in [4.78, 5) is 13.7. The molecule has 0 aliphatic carbocycles. The highest BCUT2D eigenvalue weighted by molar-refractivity contribution is 5.91. The van der Waals surface area contributed by atoms with Crippen LogP contribution in [0.1, 0.15) is 12.8 Å². The zero-order valence-corrected chi connectivity index (χ0v) is 11.0. The molecule has 0 aromatic heterocycles. The topological polar surface area (TPSA) is 50.8 Å². The first-order chi connectivity index (χ1) is 9.15. The monoisotopic (exact) mass is 268 g/mol. The molecule has 1 aromatic rings. The predicted molar refractivity (Wildman–Crippen MR) is 69.3 cm³/mol. The number of carbonyl (C=O) groups is 1. The molecule has 1 heterocycles. The van der Waals surface area contributed by atoms with E-state index in [4.69, 9.17) is 9.47 Å². The minimum Gasteiger partial charge on any atom is -0.494 e. The summed E-state index contributed by atoms with van der Waals surface area (Å²) >= 11 is 0. The maximum Gasteiger partial charge on any atom is 0.321 e. The first-order valence-electron chi connectivity index (χ1n) is 6.13. The molecule has 2 rings (SSSR count). The first-order valence-corrected chi connectivity index (χ1v) is 6.13. The second-order valence-electron chi connectivity index (χ2n) is 4.31. The molecule has 0 saturated carbocycles. The summed E-state index contributed by atoms with van der Waals surface area (Å²) in [6, 6.07) is 2.38. The molecule has 1 aromatic carbocycles. The number of likely N-dealkylation sites (tertiary alicyclic amines) is 1. The number of benzene rings is 1. The van der Waals surface area contributed by atoms with Crippen LogP contribution in [-0.4, -0.2) is 38.2 Å². The average molecular weight is 268 g/mol. The van der Waals surface area contributed by atoms with Crippen molar-refractivity contribution in [3.63, 3.8) is 0 Å². The van der Waals surface area contributed by atoms with Crippen LogP contribution in [-0.2, 0) is 0 Å². The Bertz CT molecular complexity index is 473. The number of halogens is 1. The minimum atomic E-state index is -0.542. The molecule has 5 nitrogen and oxygen atoms in total. The van der Waals surface area contributed by atoms with Gasteiger partial charge in [0.05, 0.1) is 19.9 Å². The summed E-state index contributed by atoms with van der Waals surface area (Å²) in [7, 11) is 2.83. The lowest BCUT2D eigenvalue weighted by Gasteiger charge is -2.18. The fourth-order valence-corrected chi connectivity index (χ4v) is 2.07. The first kappa shape index (κ1) is 13.5. The fraction of sp³-hybridized carbons (Fsp3) is 0.462. The van der Waals surface area contributed by atoms with E-state index in [1.165, 1.54) is 26.4 Å². The molecule has 104 valence electrons. The number of rotatable bonds is 3. The fourth-order valence-electron chi connectivity index (χ4n) is 2.07. The Labute approximate surface area is 111 Å². The third-order valence-electron chi connectivity index (χ3n) is 3.11. The molecule has 2 amide bonds. The van der Waals surface area contributed by atoms with E-state index < -0.39 is 5.82 Å². The smallest absolute Gasteiger partial charge is 0.321 e. The van der Waals surface area contributed by atoms with Gasteiger partial charge in [0, 0.05) is 25.2 Å². The van der Waals surface area contributed by atoms with Crippen molar-refractivity contribution in [3.05, 3.63) is 17.9 Å². The van der Waals surface area contributed by atoms with Crippen LogP contribution in [0.3, 0.4) is 0 Å². The van der Waals surface area contributed by atoms with E-state index in [-0.39, 0.29) is 11.8 Å². The van der Waals surface area contributed by atoms with Crippen LogP contribution in [0.15, 0.2) is 12.1 Å². The highest BCUT2D eigenvalue weighted by Crippen LogP contribution is 2.32. The average Bonchev–Trinajstić information content (AvgIpc) is 2.93. The lowest BCUT2D eigenvalue weighted by molar-refractivity contribution is 0.222. The zero-order valence-electron chi connectivity index (χ0n) is 11.0. The Morgan fingerprint density at radius 3 is 2.42 bits per heavy atom. The second-order valence-corrected chi connectivity index (χ2v) is 4.31. The van der Waals surface area contributed by atoms with Crippen LogP contribution in [0.5, 0.6) is 11.5 Å². The van der Waals surface area contributed by atoms with Crippen LogP contribution >= 0.6 is 0 Å². The molecule has 1 aliphatic heterocycles. The van der Waals surface area contributed by atoms with Crippen LogP contribution in [0.4, 0.5) is 14.9 Å². The van der Waals surface area contributed by atoms with E-state index in [0.29, 0.717) is 11.4 Å². The number of anilines is 1. The van der Waals surface area contributed by atoms with Crippen molar-refractivity contribution in [2.24, 2.45) is 0 Å². The third-order valence-corrected chi connectivity index (χ3v) is 3.11. The number of urea groups is 1. The van der Waals surface area contributed by atoms with Crippen LogP contribution in [0.2, 0.25) is 0 Å². The molecular formula is C13H17FN2O3. The zero-order chi connectivity index (χ0) is 13.8. The van der Waals surface area contributed by atoms with Gasteiger partial charge in [-0.3, -0.25) is 0 Å². The van der Waals surface area contributed by atoms with E-state index >= 15 is 0 Å². The maximum absolute atomic E-state index is 13.6. The molecule has 0 atom stereocenters. The Morgan fingerprint density at radius 2 is 1.84 bits per heavy atom. The number of ether oxygens (including phenoxy) is 2.